The normalized spacial score (nSPS) is 18.2. The second kappa shape index (κ2) is 5.50. The van der Waals surface area contributed by atoms with E-state index < -0.39 is 0 Å². The summed E-state index contributed by atoms with van der Waals surface area (Å²) in [5.41, 5.74) is 0. The number of likely N-dealkylation sites (tertiary alicyclic amines) is 1. The SMILES string of the molecule is O=C(c1ccno1)N1CC[C@H](Oc2ccncc2Cl)C1. The number of hydrogen-bond donors (Lipinski definition) is 0. The van der Waals surface area contributed by atoms with Gasteiger partial charge in [0.2, 0.25) is 5.76 Å². The summed E-state index contributed by atoms with van der Waals surface area (Å²) in [5.74, 6) is 0.655. The van der Waals surface area contributed by atoms with Crippen molar-refractivity contribution in [2.45, 2.75) is 12.5 Å². The zero-order valence-corrected chi connectivity index (χ0v) is 11.3. The standard InChI is InChI=1S/C13H12ClN3O3/c14-10-7-15-4-1-11(10)19-9-3-6-17(8-9)13(18)12-2-5-16-20-12/h1-2,4-5,7,9H,3,6,8H2/t9-/m0/s1. The predicted octanol–water partition coefficient (Wildman–Crippen LogP) is 2.02. The highest BCUT2D eigenvalue weighted by molar-refractivity contribution is 6.31. The Balaban J connectivity index is 1.63. The van der Waals surface area contributed by atoms with Crippen LogP contribution in [0, 0.1) is 0 Å². The fourth-order valence-electron chi connectivity index (χ4n) is 2.13. The third-order valence-electron chi connectivity index (χ3n) is 3.11. The molecule has 1 amide bonds. The van der Waals surface area contributed by atoms with Crippen LogP contribution in [-0.2, 0) is 0 Å². The quantitative estimate of drug-likeness (QED) is 0.866. The van der Waals surface area contributed by atoms with E-state index >= 15 is 0 Å². The van der Waals surface area contributed by atoms with E-state index in [1.54, 1.807) is 23.2 Å². The van der Waals surface area contributed by atoms with Crippen LogP contribution < -0.4 is 4.74 Å². The number of carbonyl (C=O) groups is 1. The number of nitrogens with zero attached hydrogens (tertiary/aromatic N) is 3. The first-order valence-corrected chi connectivity index (χ1v) is 6.58. The van der Waals surface area contributed by atoms with Crippen LogP contribution >= 0.6 is 11.6 Å². The maximum atomic E-state index is 12.1. The van der Waals surface area contributed by atoms with Gasteiger partial charge in [-0.2, -0.15) is 0 Å². The van der Waals surface area contributed by atoms with Gasteiger partial charge in [-0.1, -0.05) is 16.8 Å². The molecule has 1 fully saturated rings. The lowest BCUT2D eigenvalue weighted by atomic mass is 10.3. The van der Waals surface area contributed by atoms with E-state index in [-0.39, 0.29) is 17.8 Å². The van der Waals surface area contributed by atoms with Crippen LogP contribution in [0.15, 0.2) is 35.2 Å². The maximum absolute atomic E-state index is 12.1. The third-order valence-corrected chi connectivity index (χ3v) is 3.39. The van der Waals surface area contributed by atoms with Crippen molar-refractivity contribution in [2.24, 2.45) is 0 Å². The lowest BCUT2D eigenvalue weighted by molar-refractivity contribution is 0.0731. The van der Waals surface area contributed by atoms with Crippen molar-refractivity contribution in [1.29, 1.82) is 0 Å². The number of hydrogen-bond acceptors (Lipinski definition) is 5. The van der Waals surface area contributed by atoms with Crippen molar-refractivity contribution < 1.29 is 14.1 Å². The van der Waals surface area contributed by atoms with Crippen LogP contribution in [0.1, 0.15) is 17.0 Å². The van der Waals surface area contributed by atoms with Gasteiger partial charge in [0.25, 0.3) is 5.91 Å². The van der Waals surface area contributed by atoms with E-state index in [4.69, 9.17) is 20.9 Å². The smallest absolute Gasteiger partial charge is 0.292 e. The van der Waals surface area contributed by atoms with Gasteiger partial charge in [0.15, 0.2) is 0 Å². The van der Waals surface area contributed by atoms with Gasteiger partial charge >= 0.3 is 0 Å². The minimum absolute atomic E-state index is 0.0817. The molecule has 1 atom stereocenters. The van der Waals surface area contributed by atoms with Crippen LogP contribution in [0.3, 0.4) is 0 Å². The highest BCUT2D eigenvalue weighted by atomic mass is 35.5. The summed E-state index contributed by atoms with van der Waals surface area (Å²) in [4.78, 5) is 17.7. The number of halogens is 1. The fourth-order valence-corrected chi connectivity index (χ4v) is 2.29. The van der Waals surface area contributed by atoms with Gasteiger partial charge in [0, 0.05) is 37.5 Å². The Labute approximate surface area is 120 Å². The van der Waals surface area contributed by atoms with Crippen LogP contribution in [-0.4, -0.2) is 40.1 Å². The van der Waals surface area contributed by atoms with Crippen LogP contribution in [0.2, 0.25) is 5.02 Å². The molecule has 0 radical (unpaired) electrons. The zero-order chi connectivity index (χ0) is 13.9. The number of rotatable bonds is 3. The molecule has 104 valence electrons. The second-order valence-corrected chi connectivity index (χ2v) is 4.87. The van der Waals surface area contributed by atoms with E-state index in [9.17, 15) is 4.79 Å². The molecule has 6 nitrogen and oxygen atoms in total. The summed E-state index contributed by atoms with van der Waals surface area (Å²) in [6.45, 7) is 1.12. The van der Waals surface area contributed by atoms with Gasteiger partial charge in [-0.05, 0) is 0 Å². The average Bonchev–Trinajstić information content (AvgIpc) is 3.12. The summed E-state index contributed by atoms with van der Waals surface area (Å²) < 4.78 is 10.7. The molecule has 0 spiro atoms. The molecule has 3 heterocycles. The van der Waals surface area contributed by atoms with E-state index in [0.29, 0.717) is 23.9 Å². The summed E-state index contributed by atoms with van der Waals surface area (Å²) in [7, 11) is 0. The molecule has 3 rings (SSSR count). The fraction of sp³-hybridized carbons (Fsp3) is 0.308. The molecule has 1 aliphatic heterocycles. The van der Waals surface area contributed by atoms with Gasteiger partial charge in [-0.25, -0.2) is 0 Å². The summed E-state index contributed by atoms with van der Waals surface area (Å²) in [6, 6.07) is 3.26. The minimum Gasteiger partial charge on any atom is -0.487 e. The Morgan fingerprint density at radius 3 is 3.10 bits per heavy atom. The highest BCUT2D eigenvalue weighted by Crippen LogP contribution is 2.26. The first-order valence-electron chi connectivity index (χ1n) is 6.20. The molecule has 0 aromatic carbocycles. The van der Waals surface area contributed by atoms with E-state index in [1.807, 2.05) is 0 Å². The van der Waals surface area contributed by atoms with Crippen LogP contribution in [0.4, 0.5) is 0 Å². The Kier molecular flexibility index (Phi) is 3.56. The average molecular weight is 294 g/mol. The number of carbonyl (C=O) groups excluding carboxylic acids is 1. The molecule has 2 aromatic heterocycles. The Hall–Kier alpha value is -2.08. The van der Waals surface area contributed by atoms with Crippen molar-refractivity contribution >= 4 is 17.5 Å². The molecule has 1 saturated heterocycles. The van der Waals surface area contributed by atoms with E-state index in [0.717, 1.165) is 6.42 Å². The van der Waals surface area contributed by atoms with Crippen molar-refractivity contribution in [3.63, 3.8) is 0 Å². The van der Waals surface area contributed by atoms with Crippen LogP contribution in [0.25, 0.3) is 0 Å². The van der Waals surface area contributed by atoms with Crippen molar-refractivity contribution in [2.75, 3.05) is 13.1 Å². The predicted molar refractivity (Wildman–Crippen MR) is 70.7 cm³/mol. The summed E-state index contributed by atoms with van der Waals surface area (Å²) in [5, 5.41) is 4.00. The lowest BCUT2D eigenvalue weighted by Gasteiger charge is -2.16. The number of amides is 1. The molecular weight excluding hydrogens is 282 g/mol. The molecule has 20 heavy (non-hydrogen) atoms. The molecule has 1 aliphatic rings. The molecule has 0 bridgehead atoms. The summed E-state index contributed by atoms with van der Waals surface area (Å²) >= 11 is 5.99. The zero-order valence-electron chi connectivity index (χ0n) is 10.5. The molecule has 7 heteroatoms. The van der Waals surface area contributed by atoms with Gasteiger partial charge in [0.1, 0.15) is 16.9 Å². The second-order valence-electron chi connectivity index (χ2n) is 4.46. The Morgan fingerprint density at radius 1 is 1.45 bits per heavy atom. The first kappa shape index (κ1) is 12.9. The van der Waals surface area contributed by atoms with Crippen LogP contribution in [0.5, 0.6) is 5.75 Å². The molecule has 2 aromatic rings. The maximum Gasteiger partial charge on any atom is 0.292 e. The third kappa shape index (κ3) is 2.60. The number of pyridine rings is 1. The van der Waals surface area contributed by atoms with E-state index in [1.165, 1.54) is 12.4 Å². The van der Waals surface area contributed by atoms with Crippen molar-refractivity contribution in [1.82, 2.24) is 15.0 Å². The monoisotopic (exact) mass is 293 g/mol. The topological polar surface area (TPSA) is 68.5 Å². The van der Waals surface area contributed by atoms with E-state index in [2.05, 4.69) is 10.1 Å². The lowest BCUT2D eigenvalue weighted by Crippen LogP contribution is -2.30. The largest absolute Gasteiger partial charge is 0.487 e. The van der Waals surface area contributed by atoms with Gasteiger partial charge in [-0.15, -0.1) is 0 Å². The Bertz CT molecular complexity index is 603. The molecular formula is C13H12ClN3O3. The number of aromatic nitrogens is 2. The van der Waals surface area contributed by atoms with Crippen molar-refractivity contribution in [3.05, 3.63) is 41.5 Å². The van der Waals surface area contributed by atoms with Gasteiger partial charge in [0.05, 0.1) is 12.7 Å². The molecule has 0 N–H and O–H groups in total. The molecule has 0 saturated carbocycles. The first-order chi connectivity index (χ1) is 9.74. The van der Waals surface area contributed by atoms with Gasteiger partial charge < -0.3 is 14.2 Å². The number of ether oxygens (including phenoxy) is 1. The summed E-state index contributed by atoms with van der Waals surface area (Å²) in [6.07, 6.45) is 5.27. The Morgan fingerprint density at radius 2 is 2.35 bits per heavy atom. The molecule has 0 unspecified atom stereocenters. The minimum atomic E-state index is -0.172. The molecule has 0 aliphatic carbocycles. The van der Waals surface area contributed by atoms with Gasteiger partial charge in [-0.3, -0.25) is 9.78 Å². The van der Waals surface area contributed by atoms with Crippen molar-refractivity contribution in [3.8, 4) is 5.75 Å². The highest BCUT2D eigenvalue weighted by Gasteiger charge is 2.30.